The van der Waals surface area contributed by atoms with Crippen LogP contribution in [0.15, 0.2) is 24.3 Å². The molecule has 0 amide bonds. The van der Waals surface area contributed by atoms with Crippen LogP contribution in [0.1, 0.15) is 24.0 Å². The lowest BCUT2D eigenvalue weighted by Crippen LogP contribution is -2.11. The van der Waals surface area contributed by atoms with Gasteiger partial charge in [0.2, 0.25) is 0 Å². The molecule has 3 nitrogen and oxygen atoms in total. The van der Waals surface area contributed by atoms with Gasteiger partial charge in [-0.15, -0.1) is 0 Å². The van der Waals surface area contributed by atoms with Crippen molar-refractivity contribution < 1.29 is 9.53 Å². The van der Waals surface area contributed by atoms with Crippen LogP contribution < -0.4 is 0 Å². The predicted molar refractivity (Wildman–Crippen MR) is 71.9 cm³/mol. The highest BCUT2D eigenvalue weighted by atomic mass is 35.5. The summed E-state index contributed by atoms with van der Waals surface area (Å²) >= 11 is 6.02. The molecule has 0 saturated heterocycles. The molecule has 0 bridgehead atoms. The van der Waals surface area contributed by atoms with Gasteiger partial charge in [-0.05, 0) is 31.0 Å². The van der Waals surface area contributed by atoms with Crippen LogP contribution in [0.4, 0.5) is 0 Å². The quantitative estimate of drug-likeness (QED) is 0.615. The van der Waals surface area contributed by atoms with Gasteiger partial charge in [0.1, 0.15) is 5.15 Å². The molecule has 1 heterocycles. The predicted octanol–water partition coefficient (Wildman–Crippen LogP) is 3.47. The van der Waals surface area contributed by atoms with Gasteiger partial charge in [-0.2, -0.15) is 0 Å². The van der Waals surface area contributed by atoms with Gasteiger partial charge >= 0.3 is 5.97 Å². The second-order valence-corrected chi connectivity index (χ2v) is 4.64. The lowest BCUT2D eigenvalue weighted by atomic mass is 9.96. The van der Waals surface area contributed by atoms with Gasteiger partial charge in [-0.1, -0.05) is 29.8 Å². The van der Waals surface area contributed by atoms with Crippen molar-refractivity contribution in [2.24, 2.45) is 0 Å². The Morgan fingerprint density at radius 3 is 2.83 bits per heavy atom. The summed E-state index contributed by atoms with van der Waals surface area (Å²) in [5.41, 5.74) is 2.71. The van der Waals surface area contributed by atoms with Crippen molar-refractivity contribution in [3.63, 3.8) is 0 Å². The highest BCUT2D eigenvalue weighted by Crippen LogP contribution is 2.29. The number of methoxy groups -OCH3 is 1. The number of aryl methyl sites for hydroxylation is 1. The Hall–Kier alpha value is -1.61. The SMILES string of the molecule is COC(=O)C(C)c1cc(Cl)nc2c(C)cccc12. The zero-order valence-electron chi connectivity index (χ0n) is 10.5. The minimum absolute atomic E-state index is 0.278. The number of ether oxygens (including phenoxy) is 1. The average Bonchev–Trinajstić information content (AvgIpc) is 2.37. The van der Waals surface area contributed by atoms with Gasteiger partial charge in [0, 0.05) is 5.39 Å². The molecule has 0 spiro atoms. The van der Waals surface area contributed by atoms with Crippen molar-refractivity contribution in [2.75, 3.05) is 7.11 Å². The van der Waals surface area contributed by atoms with E-state index in [0.717, 1.165) is 22.0 Å². The largest absolute Gasteiger partial charge is 0.469 e. The number of carbonyl (C=O) groups is 1. The molecule has 0 fully saturated rings. The number of para-hydroxylation sites is 1. The lowest BCUT2D eigenvalue weighted by molar-refractivity contribution is -0.141. The first-order chi connectivity index (χ1) is 8.54. The van der Waals surface area contributed by atoms with Crippen LogP contribution in [0, 0.1) is 6.92 Å². The summed E-state index contributed by atoms with van der Waals surface area (Å²) in [7, 11) is 1.38. The highest BCUT2D eigenvalue weighted by molar-refractivity contribution is 6.30. The minimum Gasteiger partial charge on any atom is -0.469 e. The van der Waals surface area contributed by atoms with Crippen LogP contribution in [0.2, 0.25) is 5.15 Å². The van der Waals surface area contributed by atoms with E-state index in [9.17, 15) is 4.79 Å². The zero-order chi connectivity index (χ0) is 13.3. The Bertz CT molecular complexity index is 610. The second-order valence-electron chi connectivity index (χ2n) is 4.25. The Labute approximate surface area is 111 Å². The monoisotopic (exact) mass is 263 g/mol. The van der Waals surface area contributed by atoms with Gasteiger partial charge in [0.05, 0.1) is 18.5 Å². The molecule has 1 unspecified atom stereocenters. The molecule has 0 aliphatic carbocycles. The van der Waals surface area contributed by atoms with Gasteiger partial charge in [0.15, 0.2) is 0 Å². The summed E-state index contributed by atoms with van der Waals surface area (Å²) in [6.07, 6.45) is 0. The molecule has 1 aromatic carbocycles. The highest BCUT2D eigenvalue weighted by Gasteiger charge is 2.19. The molecular weight excluding hydrogens is 250 g/mol. The van der Waals surface area contributed by atoms with Gasteiger partial charge in [-0.3, -0.25) is 4.79 Å². The molecule has 1 atom stereocenters. The van der Waals surface area contributed by atoms with Gasteiger partial charge in [-0.25, -0.2) is 4.98 Å². The third-order valence-corrected chi connectivity index (χ3v) is 3.26. The maximum atomic E-state index is 11.7. The van der Waals surface area contributed by atoms with Crippen molar-refractivity contribution in [3.05, 3.63) is 40.5 Å². The molecule has 0 radical (unpaired) electrons. The number of hydrogen-bond donors (Lipinski definition) is 0. The summed E-state index contributed by atoms with van der Waals surface area (Å²) in [5.74, 6) is -0.639. The molecule has 0 N–H and O–H groups in total. The normalized spacial score (nSPS) is 12.4. The first kappa shape index (κ1) is 12.8. The molecule has 4 heteroatoms. The van der Waals surface area contributed by atoms with Crippen LogP contribution in [-0.2, 0) is 9.53 Å². The minimum atomic E-state index is -0.361. The van der Waals surface area contributed by atoms with Crippen LogP contribution in [-0.4, -0.2) is 18.1 Å². The number of rotatable bonds is 2. The molecule has 0 aliphatic rings. The summed E-state index contributed by atoms with van der Waals surface area (Å²) < 4.78 is 4.78. The molecular formula is C14H14ClNO2. The van der Waals surface area contributed by atoms with E-state index in [1.54, 1.807) is 13.0 Å². The fourth-order valence-electron chi connectivity index (χ4n) is 2.05. The van der Waals surface area contributed by atoms with Crippen molar-refractivity contribution in [3.8, 4) is 0 Å². The fraction of sp³-hybridized carbons (Fsp3) is 0.286. The number of nitrogens with zero attached hydrogens (tertiary/aromatic N) is 1. The number of carbonyl (C=O) groups excluding carboxylic acids is 1. The summed E-state index contributed by atoms with van der Waals surface area (Å²) in [5, 5.41) is 1.33. The molecule has 2 aromatic rings. The number of hydrogen-bond acceptors (Lipinski definition) is 3. The van der Waals surface area contributed by atoms with E-state index in [1.807, 2.05) is 25.1 Å². The standard InChI is InChI=1S/C14H14ClNO2/c1-8-5-4-6-10-11(9(2)14(17)18-3)7-12(15)16-13(8)10/h4-7,9H,1-3H3. The van der Waals surface area contributed by atoms with Crippen molar-refractivity contribution in [2.45, 2.75) is 19.8 Å². The summed E-state index contributed by atoms with van der Waals surface area (Å²) in [6.45, 7) is 3.78. The Morgan fingerprint density at radius 2 is 2.17 bits per heavy atom. The van der Waals surface area contributed by atoms with Crippen LogP contribution in [0.3, 0.4) is 0 Å². The first-order valence-electron chi connectivity index (χ1n) is 5.68. The van der Waals surface area contributed by atoms with Crippen molar-refractivity contribution in [1.29, 1.82) is 0 Å². The number of halogens is 1. The topological polar surface area (TPSA) is 39.2 Å². The Balaban J connectivity index is 2.70. The van der Waals surface area contributed by atoms with E-state index in [-0.39, 0.29) is 11.9 Å². The number of pyridine rings is 1. The summed E-state index contributed by atoms with van der Waals surface area (Å²) in [4.78, 5) is 16.0. The first-order valence-corrected chi connectivity index (χ1v) is 6.06. The smallest absolute Gasteiger partial charge is 0.312 e. The lowest BCUT2D eigenvalue weighted by Gasteiger charge is -2.13. The van der Waals surface area contributed by atoms with Crippen LogP contribution in [0.5, 0.6) is 0 Å². The van der Waals surface area contributed by atoms with E-state index in [4.69, 9.17) is 16.3 Å². The number of benzene rings is 1. The Kier molecular flexibility index (Phi) is 3.53. The van der Waals surface area contributed by atoms with Crippen molar-refractivity contribution in [1.82, 2.24) is 4.98 Å². The molecule has 2 rings (SSSR count). The van der Waals surface area contributed by atoms with Crippen LogP contribution in [0.25, 0.3) is 10.9 Å². The molecule has 0 aliphatic heterocycles. The second kappa shape index (κ2) is 4.94. The average molecular weight is 264 g/mol. The Morgan fingerprint density at radius 1 is 1.44 bits per heavy atom. The zero-order valence-corrected chi connectivity index (χ0v) is 11.3. The molecule has 0 saturated carbocycles. The maximum Gasteiger partial charge on any atom is 0.312 e. The van der Waals surface area contributed by atoms with E-state index < -0.39 is 0 Å². The number of esters is 1. The summed E-state index contributed by atoms with van der Waals surface area (Å²) in [6, 6.07) is 7.59. The third-order valence-electron chi connectivity index (χ3n) is 3.06. The van der Waals surface area contributed by atoms with E-state index in [2.05, 4.69) is 4.98 Å². The molecule has 1 aromatic heterocycles. The molecule has 94 valence electrons. The number of fused-ring (bicyclic) bond motifs is 1. The van der Waals surface area contributed by atoms with E-state index in [0.29, 0.717) is 5.15 Å². The van der Waals surface area contributed by atoms with Gasteiger partial charge in [0.25, 0.3) is 0 Å². The number of aromatic nitrogens is 1. The van der Waals surface area contributed by atoms with E-state index >= 15 is 0 Å². The molecule has 18 heavy (non-hydrogen) atoms. The fourth-order valence-corrected chi connectivity index (χ4v) is 2.25. The van der Waals surface area contributed by atoms with Gasteiger partial charge < -0.3 is 4.74 Å². The van der Waals surface area contributed by atoms with Crippen LogP contribution >= 0.6 is 11.6 Å². The van der Waals surface area contributed by atoms with Crippen molar-refractivity contribution >= 4 is 28.5 Å². The van der Waals surface area contributed by atoms with E-state index in [1.165, 1.54) is 7.11 Å². The third kappa shape index (κ3) is 2.18. The maximum absolute atomic E-state index is 11.7.